The number of rotatable bonds is 5. The molecule has 1 aromatic rings. The van der Waals surface area contributed by atoms with E-state index in [4.69, 9.17) is 15.2 Å². The van der Waals surface area contributed by atoms with Gasteiger partial charge in [0.1, 0.15) is 5.75 Å². The predicted octanol–water partition coefficient (Wildman–Crippen LogP) is 1.43. The molecule has 0 heterocycles. The minimum Gasteiger partial charge on any atom is -0.495 e. The molecule has 0 saturated heterocycles. The van der Waals surface area contributed by atoms with Gasteiger partial charge in [0.25, 0.3) is 5.91 Å². The van der Waals surface area contributed by atoms with Crippen molar-refractivity contribution in [2.24, 2.45) is 0 Å². The van der Waals surface area contributed by atoms with Crippen molar-refractivity contribution >= 4 is 11.6 Å². The molecular weight excluding hydrogens is 232 g/mol. The normalized spacial score (nSPS) is 11.1. The number of hydrogen-bond acceptors (Lipinski definition) is 4. The summed E-state index contributed by atoms with van der Waals surface area (Å²) in [5, 5.41) is 2.78. The Kier molecular flexibility index (Phi) is 4.55. The number of anilines is 1. The minimum atomic E-state index is -0.413. The summed E-state index contributed by atoms with van der Waals surface area (Å²) in [7, 11) is 3.12. The third kappa shape index (κ3) is 3.37. The minimum absolute atomic E-state index is 0.239. The van der Waals surface area contributed by atoms with E-state index in [2.05, 4.69) is 5.32 Å². The fraction of sp³-hybridized carbons (Fsp3) is 0.462. The highest BCUT2D eigenvalue weighted by atomic mass is 16.5. The highest BCUT2D eigenvalue weighted by molar-refractivity contribution is 6.00. The second kappa shape index (κ2) is 5.73. The SMILES string of the molecule is COc1cccc(C(=O)NCC(C)(C)OC)c1N. The average Bonchev–Trinajstić information content (AvgIpc) is 2.36. The smallest absolute Gasteiger partial charge is 0.253 e. The summed E-state index contributed by atoms with van der Waals surface area (Å²) in [6.07, 6.45) is 0. The molecular formula is C13H20N2O3. The second-order valence-electron chi connectivity index (χ2n) is 4.57. The average molecular weight is 252 g/mol. The Balaban J connectivity index is 2.79. The Morgan fingerprint density at radius 2 is 2.06 bits per heavy atom. The Morgan fingerprint density at radius 1 is 1.39 bits per heavy atom. The molecule has 1 aromatic carbocycles. The molecule has 5 nitrogen and oxygen atoms in total. The van der Waals surface area contributed by atoms with E-state index in [9.17, 15) is 4.79 Å². The Hall–Kier alpha value is -1.75. The molecule has 0 spiro atoms. The fourth-order valence-electron chi connectivity index (χ4n) is 1.38. The van der Waals surface area contributed by atoms with Crippen molar-refractivity contribution in [1.29, 1.82) is 0 Å². The summed E-state index contributed by atoms with van der Waals surface area (Å²) in [4.78, 5) is 12.0. The highest BCUT2D eigenvalue weighted by Crippen LogP contribution is 2.24. The lowest BCUT2D eigenvalue weighted by atomic mass is 10.1. The molecule has 0 aliphatic carbocycles. The van der Waals surface area contributed by atoms with Gasteiger partial charge in [0, 0.05) is 13.7 Å². The summed E-state index contributed by atoms with van der Waals surface area (Å²) in [5.74, 6) is 0.255. The van der Waals surface area contributed by atoms with Gasteiger partial charge in [-0.15, -0.1) is 0 Å². The van der Waals surface area contributed by atoms with Crippen molar-refractivity contribution in [3.05, 3.63) is 23.8 Å². The van der Waals surface area contributed by atoms with Crippen LogP contribution in [0.1, 0.15) is 24.2 Å². The van der Waals surface area contributed by atoms with Crippen LogP contribution in [0.15, 0.2) is 18.2 Å². The summed E-state index contributed by atoms with van der Waals surface area (Å²) in [6.45, 7) is 4.18. The molecule has 0 bridgehead atoms. The van der Waals surface area contributed by atoms with Crippen LogP contribution < -0.4 is 15.8 Å². The van der Waals surface area contributed by atoms with Crippen LogP contribution in [0.5, 0.6) is 5.75 Å². The van der Waals surface area contributed by atoms with E-state index in [0.717, 1.165) is 0 Å². The van der Waals surface area contributed by atoms with Gasteiger partial charge in [-0.2, -0.15) is 0 Å². The van der Waals surface area contributed by atoms with E-state index in [-0.39, 0.29) is 5.91 Å². The summed E-state index contributed by atoms with van der Waals surface area (Å²) >= 11 is 0. The van der Waals surface area contributed by atoms with Crippen molar-refractivity contribution < 1.29 is 14.3 Å². The van der Waals surface area contributed by atoms with Crippen LogP contribution in [0.25, 0.3) is 0 Å². The van der Waals surface area contributed by atoms with E-state index in [0.29, 0.717) is 23.5 Å². The van der Waals surface area contributed by atoms with Crippen LogP contribution in [0.2, 0.25) is 0 Å². The number of nitrogens with two attached hydrogens (primary N) is 1. The molecule has 100 valence electrons. The van der Waals surface area contributed by atoms with Crippen molar-refractivity contribution in [2.45, 2.75) is 19.4 Å². The molecule has 1 rings (SSSR count). The van der Waals surface area contributed by atoms with Gasteiger partial charge in [-0.25, -0.2) is 0 Å². The molecule has 0 atom stereocenters. The number of amides is 1. The van der Waals surface area contributed by atoms with Crippen LogP contribution in [0, 0.1) is 0 Å². The zero-order chi connectivity index (χ0) is 13.8. The molecule has 1 amide bonds. The maximum absolute atomic E-state index is 12.0. The second-order valence-corrected chi connectivity index (χ2v) is 4.57. The van der Waals surface area contributed by atoms with Crippen molar-refractivity contribution in [1.82, 2.24) is 5.32 Å². The van der Waals surface area contributed by atoms with Gasteiger partial charge in [-0.1, -0.05) is 6.07 Å². The lowest BCUT2D eigenvalue weighted by Crippen LogP contribution is -2.39. The summed E-state index contributed by atoms with van der Waals surface area (Å²) < 4.78 is 10.3. The lowest BCUT2D eigenvalue weighted by Gasteiger charge is -2.23. The number of methoxy groups -OCH3 is 2. The van der Waals surface area contributed by atoms with Gasteiger partial charge in [0.05, 0.1) is 24.0 Å². The first-order chi connectivity index (χ1) is 8.41. The Bertz CT molecular complexity index is 430. The monoisotopic (exact) mass is 252 g/mol. The first kappa shape index (κ1) is 14.3. The van der Waals surface area contributed by atoms with Crippen LogP contribution >= 0.6 is 0 Å². The van der Waals surface area contributed by atoms with Gasteiger partial charge in [0.15, 0.2) is 0 Å². The van der Waals surface area contributed by atoms with Crippen molar-refractivity contribution in [2.75, 3.05) is 26.5 Å². The number of carbonyl (C=O) groups excluding carboxylic acids is 1. The van der Waals surface area contributed by atoms with E-state index < -0.39 is 5.60 Å². The van der Waals surface area contributed by atoms with Gasteiger partial charge in [-0.05, 0) is 26.0 Å². The largest absolute Gasteiger partial charge is 0.495 e. The number of nitrogen functional groups attached to an aromatic ring is 1. The van der Waals surface area contributed by atoms with Crippen LogP contribution in [0.4, 0.5) is 5.69 Å². The molecule has 0 aliphatic heterocycles. The van der Waals surface area contributed by atoms with E-state index in [1.165, 1.54) is 7.11 Å². The number of para-hydroxylation sites is 1. The molecule has 0 aliphatic rings. The number of nitrogens with one attached hydrogen (secondary N) is 1. The molecule has 0 aromatic heterocycles. The van der Waals surface area contributed by atoms with Crippen LogP contribution in [-0.4, -0.2) is 32.3 Å². The lowest BCUT2D eigenvalue weighted by molar-refractivity contribution is 0.0229. The maximum atomic E-state index is 12.0. The maximum Gasteiger partial charge on any atom is 0.253 e. The molecule has 0 unspecified atom stereocenters. The zero-order valence-electron chi connectivity index (χ0n) is 11.2. The number of hydrogen-bond donors (Lipinski definition) is 2. The van der Waals surface area contributed by atoms with Crippen molar-refractivity contribution in [3.63, 3.8) is 0 Å². The third-order valence-corrected chi connectivity index (χ3v) is 2.76. The van der Waals surface area contributed by atoms with Gasteiger partial charge in [-0.3, -0.25) is 4.79 Å². The Labute approximate surface area is 107 Å². The first-order valence-corrected chi connectivity index (χ1v) is 5.67. The van der Waals surface area contributed by atoms with E-state index in [1.807, 2.05) is 13.8 Å². The van der Waals surface area contributed by atoms with Crippen molar-refractivity contribution in [3.8, 4) is 5.75 Å². The van der Waals surface area contributed by atoms with Gasteiger partial charge in [0.2, 0.25) is 0 Å². The number of benzene rings is 1. The quantitative estimate of drug-likeness (QED) is 0.777. The summed E-state index contributed by atoms with van der Waals surface area (Å²) in [6, 6.07) is 5.10. The van der Waals surface area contributed by atoms with Gasteiger partial charge < -0.3 is 20.5 Å². The van der Waals surface area contributed by atoms with Crippen LogP contribution in [0.3, 0.4) is 0 Å². The Morgan fingerprint density at radius 3 is 2.61 bits per heavy atom. The number of ether oxygens (including phenoxy) is 2. The highest BCUT2D eigenvalue weighted by Gasteiger charge is 2.19. The fourth-order valence-corrected chi connectivity index (χ4v) is 1.38. The summed E-state index contributed by atoms with van der Waals surface area (Å²) in [5.41, 5.74) is 6.18. The molecule has 18 heavy (non-hydrogen) atoms. The van der Waals surface area contributed by atoms with Crippen LogP contribution in [-0.2, 0) is 4.74 Å². The third-order valence-electron chi connectivity index (χ3n) is 2.76. The molecule has 0 saturated carbocycles. The zero-order valence-corrected chi connectivity index (χ0v) is 11.2. The van der Waals surface area contributed by atoms with E-state index >= 15 is 0 Å². The van der Waals surface area contributed by atoms with E-state index in [1.54, 1.807) is 25.3 Å². The number of carbonyl (C=O) groups is 1. The topological polar surface area (TPSA) is 73.6 Å². The predicted molar refractivity (Wildman–Crippen MR) is 70.8 cm³/mol. The molecule has 0 radical (unpaired) electrons. The first-order valence-electron chi connectivity index (χ1n) is 5.67. The molecule has 5 heteroatoms. The standard InChI is InChI=1S/C13H20N2O3/c1-13(2,18-4)8-15-12(16)9-6-5-7-10(17-3)11(9)14/h5-7H,8,14H2,1-4H3,(H,15,16). The molecule has 0 fully saturated rings. The van der Waals surface area contributed by atoms with Gasteiger partial charge >= 0.3 is 0 Å². The molecule has 3 N–H and O–H groups in total.